The van der Waals surface area contributed by atoms with Gasteiger partial charge in [0.1, 0.15) is 6.54 Å². The van der Waals surface area contributed by atoms with Crippen molar-refractivity contribution in [2.24, 2.45) is 0 Å². The summed E-state index contributed by atoms with van der Waals surface area (Å²) >= 11 is 1.66. The van der Waals surface area contributed by atoms with E-state index in [1.807, 2.05) is 35.1 Å². The van der Waals surface area contributed by atoms with E-state index in [4.69, 9.17) is 0 Å². The SMILES string of the molecule is CSCC[C@H](NC(=O)CN1C(=O)c2ccccc2C1=O)c1nnc2ccccn12. The maximum atomic E-state index is 12.7. The summed E-state index contributed by atoms with van der Waals surface area (Å²) in [5.41, 5.74) is 1.34. The van der Waals surface area contributed by atoms with Gasteiger partial charge >= 0.3 is 0 Å². The Labute approximate surface area is 171 Å². The van der Waals surface area contributed by atoms with Crippen molar-refractivity contribution < 1.29 is 14.4 Å². The van der Waals surface area contributed by atoms with Crippen LogP contribution in [-0.4, -0.2) is 55.8 Å². The van der Waals surface area contributed by atoms with Gasteiger partial charge in [-0.3, -0.25) is 23.7 Å². The van der Waals surface area contributed by atoms with E-state index in [2.05, 4.69) is 15.5 Å². The number of fused-ring (bicyclic) bond motifs is 2. The molecule has 9 heteroatoms. The monoisotopic (exact) mass is 409 g/mol. The molecule has 0 radical (unpaired) electrons. The minimum absolute atomic E-state index is 0.327. The summed E-state index contributed by atoms with van der Waals surface area (Å²) in [4.78, 5) is 38.7. The molecule has 0 fully saturated rings. The quantitative estimate of drug-likeness (QED) is 0.599. The van der Waals surface area contributed by atoms with Crippen LogP contribution in [0.1, 0.15) is 39.0 Å². The van der Waals surface area contributed by atoms with Crippen LogP contribution in [0.2, 0.25) is 0 Å². The number of pyridine rings is 1. The largest absolute Gasteiger partial charge is 0.344 e. The second kappa shape index (κ2) is 8.04. The molecule has 1 atom stereocenters. The highest BCUT2D eigenvalue weighted by molar-refractivity contribution is 7.98. The molecule has 1 aromatic carbocycles. The molecule has 8 nitrogen and oxygen atoms in total. The molecule has 1 N–H and O–H groups in total. The maximum absolute atomic E-state index is 12.7. The molecule has 3 amide bonds. The fraction of sp³-hybridized carbons (Fsp3) is 0.250. The average Bonchev–Trinajstić information content (AvgIpc) is 3.27. The topological polar surface area (TPSA) is 96.7 Å². The van der Waals surface area contributed by atoms with Gasteiger partial charge in [0.05, 0.1) is 17.2 Å². The predicted molar refractivity (Wildman–Crippen MR) is 109 cm³/mol. The van der Waals surface area contributed by atoms with Crippen LogP contribution in [0.15, 0.2) is 48.7 Å². The van der Waals surface area contributed by atoms with Crippen molar-refractivity contribution in [3.63, 3.8) is 0 Å². The van der Waals surface area contributed by atoms with Crippen molar-refractivity contribution in [1.82, 2.24) is 24.8 Å². The van der Waals surface area contributed by atoms with E-state index in [0.717, 1.165) is 10.7 Å². The molecular formula is C20H19N5O3S. The number of hydrogen-bond acceptors (Lipinski definition) is 6. The summed E-state index contributed by atoms with van der Waals surface area (Å²) < 4.78 is 1.83. The fourth-order valence-corrected chi connectivity index (χ4v) is 3.84. The Morgan fingerprint density at radius 2 is 1.76 bits per heavy atom. The van der Waals surface area contributed by atoms with Crippen molar-refractivity contribution in [1.29, 1.82) is 0 Å². The molecule has 0 saturated heterocycles. The third-order valence-corrected chi connectivity index (χ3v) is 5.42. The third kappa shape index (κ3) is 3.61. The molecule has 0 unspecified atom stereocenters. The van der Waals surface area contributed by atoms with Gasteiger partial charge < -0.3 is 5.32 Å². The summed E-state index contributed by atoms with van der Waals surface area (Å²) in [5.74, 6) is 0.104. The van der Waals surface area contributed by atoms with E-state index in [1.165, 1.54) is 0 Å². The Bertz CT molecular complexity index is 1060. The van der Waals surface area contributed by atoms with E-state index < -0.39 is 17.7 Å². The molecule has 0 aliphatic carbocycles. The first-order valence-electron chi connectivity index (χ1n) is 9.13. The molecule has 1 aliphatic rings. The van der Waals surface area contributed by atoms with Crippen molar-refractivity contribution in [3.8, 4) is 0 Å². The van der Waals surface area contributed by atoms with Crippen LogP contribution in [0.25, 0.3) is 5.65 Å². The summed E-state index contributed by atoms with van der Waals surface area (Å²) in [6.07, 6.45) is 4.47. The van der Waals surface area contributed by atoms with Crippen molar-refractivity contribution in [2.75, 3.05) is 18.6 Å². The highest BCUT2D eigenvalue weighted by Crippen LogP contribution is 2.23. The lowest BCUT2D eigenvalue weighted by atomic mass is 10.1. The lowest BCUT2D eigenvalue weighted by molar-refractivity contribution is -0.122. The van der Waals surface area contributed by atoms with Crippen molar-refractivity contribution >= 4 is 35.1 Å². The number of imide groups is 1. The van der Waals surface area contributed by atoms with Gasteiger partial charge in [0.25, 0.3) is 11.8 Å². The molecule has 148 valence electrons. The molecule has 3 aromatic rings. The van der Waals surface area contributed by atoms with Crippen molar-refractivity contribution in [3.05, 3.63) is 65.6 Å². The maximum Gasteiger partial charge on any atom is 0.262 e. The first-order chi connectivity index (χ1) is 14.1. The lowest BCUT2D eigenvalue weighted by Crippen LogP contribution is -2.42. The molecule has 4 rings (SSSR count). The highest BCUT2D eigenvalue weighted by Gasteiger charge is 2.36. The first kappa shape index (κ1) is 19.1. The minimum Gasteiger partial charge on any atom is -0.344 e. The second-order valence-electron chi connectivity index (χ2n) is 6.63. The number of thioether (sulfide) groups is 1. The number of nitrogens with one attached hydrogen (secondary N) is 1. The average molecular weight is 409 g/mol. The number of rotatable bonds is 7. The zero-order chi connectivity index (χ0) is 20.4. The molecular weight excluding hydrogens is 390 g/mol. The van der Waals surface area contributed by atoms with Crippen LogP contribution in [-0.2, 0) is 4.79 Å². The number of aromatic nitrogens is 3. The van der Waals surface area contributed by atoms with Crippen LogP contribution >= 0.6 is 11.8 Å². The zero-order valence-corrected chi connectivity index (χ0v) is 16.6. The number of carbonyl (C=O) groups excluding carboxylic acids is 3. The van der Waals surface area contributed by atoms with Gasteiger partial charge in [0, 0.05) is 6.20 Å². The second-order valence-corrected chi connectivity index (χ2v) is 7.62. The Hall–Kier alpha value is -3.20. The van der Waals surface area contributed by atoms with Gasteiger partial charge in [-0.2, -0.15) is 11.8 Å². The van der Waals surface area contributed by atoms with Crippen LogP contribution < -0.4 is 5.32 Å². The Balaban J connectivity index is 1.52. The number of carbonyl (C=O) groups is 3. The van der Waals surface area contributed by atoms with Crippen LogP contribution in [0.3, 0.4) is 0 Å². The molecule has 3 heterocycles. The number of amides is 3. The van der Waals surface area contributed by atoms with Gasteiger partial charge in [-0.1, -0.05) is 18.2 Å². The van der Waals surface area contributed by atoms with E-state index in [9.17, 15) is 14.4 Å². The minimum atomic E-state index is -0.450. The fourth-order valence-electron chi connectivity index (χ4n) is 3.37. The van der Waals surface area contributed by atoms with Gasteiger partial charge in [0.2, 0.25) is 5.91 Å². The Morgan fingerprint density at radius 1 is 1.07 bits per heavy atom. The predicted octanol–water partition coefficient (Wildman–Crippen LogP) is 1.94. The zero-order valence-electron chi connectivity index (χ0n) is 15.7. The molecule has 0 bridgehead atoms. The summed E-state index contributed by atoms with van der Waals surface area (Å²) in [5, 5.41) is 11.3. The van der Waals surface area contributed by atoms with Gasteiger partial charge in [-0.25, -0.2) is 0 Å². The molecule has 2 aromatic heterocycles. The van der Waals surface area contributed by atoms with E-state index in [-0.39, 0.29) is 12.6 Å². The lowest BCUT2D eigenvalue weighted by Gasteiger charge is -2.19. The summed E-state index contributed by atoms with van der Waals surface area (Å²) in [6.45, 7) is -0.334. The van der Waals surface area contributed by atoms with Gasteiger partial charge in [-0.15, -0.1) is 10.2 Å². The van der Waals surface area contributed by atoms with Crippen molar-refractivity contribution in [2.45, 2.75) is 12.5 Å². The number of benzene rings is 1. The van der Waals surface area contributed by atoms with Crippen LogP contribution in [0.4, 0.5) is 0 Å². The van der Waals surface area contributed by atoms with Gasteiger partial charge in [-0.05, 0) is 42.7 Å². The van der Waals surface area contributed by atoms with Crippen LogP contribution in [0, 0.1) is 0 Å². The third-order valence-electron chi connectivity index (χ3n) is 4.78. The standard InChI is InChI=1S/C20H19N5O3S/c1-29-11-9-15(18-23-22-16-8-4-5-10-24(16)18)21-17(26)12-25-19(27)13-6-2-3-7-14(13)20(25)28/h2-8,10,15H,9,11-12H2,1H3,(H,21,26)/t15-/m0/s1. The molecule has 29 heavy (non-hydrogen) atoms. The van der Waals surface area contributed by atoms with Crippen LogP contribution in [0.5, 0.6) is 0 Å². The van der Waals surface area contributed by atoms with E-state index in [1.54, 1.807) is 36.0 Å². The number of hydrogen-bond donors (Lipinski definition) is 1. The summed E-state index contributed by atoms with van der Waals surface area (Å²) in [6, 6.07) is 11.8. The smallest absolute Gasteiger partial charge is 0.262 e. The molecule has 1 aliphatic heterocycles. The number of nitrogens with zero attached hydrogens (tertiary/aromatic N) is 4. The Kier molecular flexibility index (Phi) is 5.30. The van der Waals surface area contributed by atoms with E-state index in [0.29, 0.717) is 29.0 Å². The van der Waals surface area contributed by atoms with E-state index >= 15 is 0 Å². The molecule has 0 saturated carbocycles. The molecule has 0 spiro atoms. The Morgan fingerprint density at radius 3 is 2.45 bits per heavy atom. The summed E-state index contributed by atoms with van der Waals surface area (Å²) in [7, 11) is 0. The normalized spacial score (nSPS) is 14.3. The first-order valence-corrected chi connectivity index (χ1v) is 10.5. The van der Waals surface area contributed by atoms with Gasteiger partial charge in [0.15, 0.2) is 11.5 Å². The highest BCUT2D eigenvalue weighted by atomic mass is 32.2.